The van der Waals surface area contributed by atoms with Crippen molar-refractivity contribution in [1.29, 1.82) is 0 Å². The number of aliphatic hydroxyl groups is 1. The summed E-state index contributed by atoms with van der Waals surface area (Å²) in [4.78, 5) is 27.5. The minimum absolute atomic E-state index is 0.104. The Balaban J connectivity index is 1.62. The Morgan fingerprint density at radius 1 is 1.05 bits per heavy atom. The van der Waals surface area contributed by atoms with Crippen LogP contribution < -0.4 is 0 Å². The van der Waals surface area contributed by atoms with Gasteiger partial charge in [0, 0.05) is 44.1 Å². The normalized spacial score (nSPS) is 35.3. The summed E-state index contributed by atoms with van der Waals surface area (Å²) in [5.41, 5.74) is 0. The molecule has 0 aromatic carbocycles. The summed E-state index contributed by atoms with van der Waals surface area (Å²) < 4.78 is 0. The summed E-state index contributed by atoms with van der Waals surface area (Å²) in [6.45, 7) is 1.54. The van der Waals surface area contributed by atoms with Crippen molar-refractivity contribution in [3.8, 4) is 0 Å². The lowest BCUT2D eigenvalue weighted by atomic mass is 9.88. The summed E-state index contributed by atoms with van der Waals surface area (Å²) in [6.07, 6.45) is 4.77. The predicted molar refractivity (Wildman–Crippen MR) is 75.8 cm³/mol. The van der Waals surface area contributed by atoms with E-state index in [2.05, 4.69) is 0 Å². The zero-order chi connectivity index (χ0) is 15.0. The molecule has 6 nitrogen and oxygen atoms in total. The van der Waals surface area contributed by atoms with E-state index >= 15 is 0 Å². The highest BCUT2D eigenvalue weighted by molar-refractivity contribution is 5.76. The summed E-state index contributed by atoms with van der Waals surface area (Å²) in [7, 11) is 0. The lowest BCUT2D eigenvalue weighted by Gasteiger charge is -2.40. The number of piperidine rings is 1. The van der Waals surface area contributed by atoms with Crippen molar-refractivity contribution < 1.29 is 19.8 Å². The topological polar surface area (TPSA) is 81.1 Å². The van der Waals surface area contributed by atoms with Gasteiger partial charge in [0.15, 0.2) is 0 Å². The number of carboxylic acid groups (broad SMARTS) is 1. The number of aliphatic carboxylic acids is 1. The molecule has 0 aromatic rings. The molecule has 0 saturated carbocycles. The fraction of sp³-hybridized carbons (Fsp3) is 0.867. The number of hydrogen-bond acceptors (Lipinski definition) is 3. The standard InChI is InChI=1S/C15H24N2O4/c18-9-10-3-4-16(8-10)15(21)17-12-1-2-13(17)6-11(5-12)7-14(19)20/h10-13,18H,1-9H2,(H,19,20). The monoisotopic (exact) mass is 296 g/mol. The first-order valence-corrected chi connectivity index (χ1v) is 7.98. The van der Waals surface area contributed by atoms with Gasteiger partial charge in [-0.15, -0.1) is 0 Å². The van der Waals surface area contributed by atoms with Crippen LogP contribution in [0.5, 0.6) is 0 Å². The Bertz CT molecular complexity index is 414. The first-order chi connectivity index (χ1) is 10.1. The second-order valence-corrected chi connectivity index (χ2v) is 6.79. The van der Waals surface area contributed by atoms with Crippen molar-refractivity contribution in [1.82, 2.24) is 9.80 Å². The lowest BCUT2D eigenvalue weighted by molar-refractivity contribution is -0.138. The molecule has 118 valence electrons. The van der Waals surface area contributed by atoms with Gasteiger partial charge in [-0.05, 0) is 38.0 Å². The summed E-state index contributed by atoms with van der Waals surface area (Å²) in [6, 6.07) is 0.537. The molecule has 0 spiro atoms. The number of carboxylic acids is 1. The van der Waals surface area contributed by atoms with E-state index in [-0.39, 0.29) is 43.0 Å². The maximum atomic E-state index is 12.7. The van der Waals surface area contributed by atoms with Crippen molar-refractivity contribution in [3.63, 3.8) is 0 Å². The van der Waals surface area contributed by atoms with Gasteiger partial charge in [-0.2, -0.15) is 0 Å². The third-order valence-electron chi connectivity index (χ3n) is 5.33. The number of amides is 2. The number of carbonyl (C=O) groups excluding carboxylic acids is 1. The molecule has 2 amide bonds. The first-order valence-electron chi connectivity index (χ1n) is 7.98. The second-order valence-electron chi connectivity index (χ2n) is 6.79. The van der Waals surface area contributed by atoms with Crippen molar-refractivity contribution in [2.24, 2.45) is 11.8 Å². The zero-order valence-electron chi connectivity index (χ0n) is 12.3. The minimum atomic E-state index is -0.732. The molecule has 2 N–H and O–H groups in total. The molecule has 0 radical (unpaired) electrons. The van der Waals surface area contributed by atoms with E-state index in [1.807, 2.05) is 9.80 Å². The van der Waals surface area contributed by atoms with Crippen LogP contribution in [0, 0.1) is 11.8 Å². The van der Waals surface area contributed by atoms with Gasteiger partial charge in [0.1, 0.15) is 0 Å². The van der Waals surface area contributed by atoms with E-state index in [4.69, 9.17) is 5.11 Å². The van der Waals surface area contributed by atoms with Gasteiger partial charge >= 0.3 is 12.0 Å². The molecule has 2 bridgehead atoms. The highest BCUT2D eigenvalue weighted by Crippen LogP contribution is 2.40. The van der Waals surface area contributed by atoms with Gasteiger partial charge in [-0.25, -0.2) is 4.79 Å². The van der Waals surface area contributed by atoms with Crippen LogP contribution in [0.3, 0.4) is 0 Å². The Labute approximate surface area is 124 Å². The average Bonchev–Trinajstić information content (AvgIpc) is 3.01. The lowest BCUT2D eigenvalue weighted by Crippen LogP contribution is -2.52. The number of aliphatic hydroxyl groups excluding tert-OH is 1. The molecule has 0 aliphatic carbocycles. The molecule has 3 saturated heterocycles. The number of nitrogens with zero attached hydrogens (tertiary/aromatic N) is 2. The number of hydrogen-bond donors (Lipinski definition) is 2. The van der Waals surface area contributed by atoms with Gasteiger partial charge in [0.05, 0.1) is 0 Å². The minimum Gasteiger partial charge on any atom is -0.481 e. The van der Waals surface area contributed by atoms with E-state index in [1.165, 1.54) is 0 Å². The van der Waals surface area contributed by atoms with Crippen LogP contribution in [-0.2, 0) is 4.79 Å². The third-order valence-corrected chi connectivity index (χ3v) is 5.33. The van der Waals surface area contributed by atoms with Crippen LogP contribution in [0.4, 0.5) is 4.79 Å². The zero-order valence-corrected chi connectivity index (χ0v) is 12.3. The van der Waals surface area contributed by atoms with E-state index in [1.54, 1.807) is 0 Å². The van der Waals surface area contributed by atoms with Crippen LogP contribution in [-0.4, -0.2) is 63.8 Å². The second kappa shape index (κ2) is 5.83. The van der Waals surface area contributed by atoms with Crippen LogP contribution in [0.1, 0.15) is 38.5 Å². The van der Waals surface area contributed by atoms with Gasteiger partial charge in [0.2, 0.25) is 0 Å². The van der Waals surface area contributed by atoms with Gasteiger partial charge in [-0.1, -0.05) is 0 Å². The smallest absolute Gasteiger partial charge is 0.320 e. The van der Waals surface area contributed by atoms with Crippen LogP contribution >= 0.6 is 0 Å². The van der Waals surface area contributed by atoms with Crippen molar-refractivity contribution in [2.45, 2.75) is 50.6 Å². The molecule has 3 heterocycles. The quantitative estimate of drug-likeness (QED) is 0.818. The van der Waals surface area contributed by atoms with Crippen molar-refractivity contribution >= 4 is 12.0 Å². The summed E-state index contributed by atoms with van der Waals surface area (Å²) >= 11 is 0. The third kappa shape index (κ3) is 2.86. The van der Waals surface area contributed by atoms with E-state index in [0.717, 1.165) is 38.6 Å². The van der Waals surface area contributed by atoms with E-state index in [0.29, 0.717) is 6.54 Å². The molecule has 3 atom stereocenters. The molecule has 0 aromatic heterocycles. The first kappa shape index (κ1) is 14.6. The molecular weight excluding hydrogens is 272 g/mol. The van der Waals surface area contributed by atoms with Crippen LogP contribution in [0.2, 0.25) is 0 Å². The maximum Gasteiger partial charge on any atom is 0.320 e. The average molecular weight is 296 g/mol. The van der Waals surface area contributed by atoms with E-state index < -0.39 is 5.97 Å². The predicted octanol–water partition coefficient (Wildman–Crippen LogP) is 1.14. The van der Waals surface area contributed by atoms with Crippen molar-refractivity contribution in [2.75, 3.05) is 19.7 Å². The largest absolute Gasteiger partial charge is 0.481 e. The Morgan fingerprint density at radius 3 is 2.24 bits per heavy atom. The molecule has 3 aliphatic heterocycles. The number of rotatable bonds is 3. The van der Waals surface area contributed by atoms with Gasteiger partial charge < -0.3 is 20.0 Å². The molecule has 3 rings (SSSR count). The highest BCUT2D eigenvalue weighted by Gasteiger charge is 2.45. The summed E-state index contributed by atoms with van der Waals surface area (Å²) in [5, 5.41) is 18.2. The number of urea groups is 1. The fourth-order valence-corrected chi connectivity index (χ4v) is 4.33. The number of likely N-dealkylation sites (tertiary alicyclic amines) is 1. The Kier molecular flexibility index (Phi) is 4.06. The van der Waals surface area contributed by atoms with E-state index in [9.17, 15) is 14.7 Å². The van der Waals surface area contributed by atoms with Crippen LogP contribution in [0.15, 0.2) is 0 Å². The SMILES string of the molecule is O=C(O)CC1CC2CCC(C1)N2C(=O)N1CCC(CO)C1. The van der Waals surface area contributed by atoms with Crippen LogP contribution in [0.25, 0.3) is 0 Å². The molecule has 6 heteroatoms. The number of carbonyl (C=O) groups is 2. The number of fused-ring (bicyclic) bond motifs is 2. The molecular formula is C15H24N2O4. The summed E-state index contributed by atoms with van der Waals surface area (Å²) in [5.74, 6) is -0.298. The molecule has 3 unspecified atom stereocenters. The van der Waals surface area contributed by atoms with Gasteiger partial charge in [0.25, 0.3) is 0 Å². The molecule has 21 heavy (non-hydrogen) atoms. The Morgan fingerprint density at radius 2 is 1.71 bits per heavy atom. The maximum absolute atomic E-state index is 12.7. The van der Waals surface area contributed by atoms with Crippen molar-refractivity contribution in [3.05, 3.63) is 0 Å². The molecule has 3 fully saturated rings. The highest BCUT2D eigenvalue weighted by atomic mass is 16.4. The fourth-order valence-electron chi connectivity index (χ4n) is 4.33. The Hall–Kier alpha value is -1.30. The van der Waals surface area contributed by atoms with Gasteiger partial charge in [-0.3, -0.25) is 4.79 Å². The molecule has 3 aliphatic rings.